The van der Waals surface area contributed by atoms with E-state index in [0.717, 1.165) is 10.1 Å². The van der Waals surface area contributed by atoms with Crippen LogP contribution in [0.3, 0.4) is 0 Å². The van der Waals surface area contributed by atoms with Crippen LogP contribution >= 0.6 is 11.3 Å². The Kier molecular flexibility index (Phi) is 3.24. The van der Waals surface area contributed by atoms with Crippen LogP contribution in [0.2, 0.25) is 0 Å². The number of nitrogens with two attached hydrogens (primary N) is 1. The summed E-state index contributed by atoms with van der Waals surface area (Å²) in [4.78, 5) is 4.22. The molecular formula is C10H17N3S. The third kappa shape index (κ3) is 2.61. The number of nitrogens with zero attached hydrogens (tertiary/aromatic N) is 1. The summed E-state index contributed by atoms with van der Waals surface area (Å²) in [6.07, 6.45) is 9.75. The van der Waals surface area contributed by atoms with Crippen LogP contribution in [0.25, 0.3) is 0 Å². The second kappa shape index (κ2) is 4.64. The smallest absolute Gasteiger partial charge is 0.184 e. The molecule has 1 aliphatic rings. The SMILES string of the molecule is Nc1cnc(NC2CCCCCC2)s1. The standard InChI is InChI=1S/C10H17N3S/c11-9-7-12-10(14-9)13-8-5-3-1-2-4-6-8/h7-8H,1-6,11H2,(H,12,13). The molecule has 0 aliphatic heterocycles. The van der Waals surface area contributed by atoms with Gasteiger partial charge in [-0.1, -0.05) is 37.0 Å². The van der Waals surface area contributed by atoms with Crippen molar-refractivity contribution in [3.8, 4) is 0 Å². The summed E-state index contributed by atoms with van der Waals surface area (Å²) < 4.78 is 0. The summed E-state index contributed by atoms with van der Waals surface area (Å²) in [5, 5.41) is 5.24. The molecule has 1 fully saturated rings. The minimum Gasteiger partial charge on any atom is -0.389 e. The molecule has 1 heterocycles. The van der Waals surface area contributed by atoms with E-state index in [1.807, 2.05) is 0 Å². The number of rotatable bonds is 2. The largest absolute Gasteiger partial charge is 0.389 e. The van der Waals surface area contributed by atoms with Crippen LogP contribution in [0.4, 0.5) is 10.1 Å². The monoisotopic (exact) mass is 211 g/mol. The van der Waals surface area contributed by atoms with Crippen molar-refractivity contribution in [1.29, 1.82) is 0 Å². The number of hydrogen-bond acceptors (Lipinski definition) is 4. The highest BCUT2D eigenvalue weighted by molar-refractivity contribution is 7.19. The van der Waals surface area contributed by atoms with Gasteiger partial charge in [0.05, 0.1) is 6.20 Å². The molecule has 0 spiro atoms. The molecule has 0 aromatic carbocycles. The summed E-state index contributed by atoms with van der Waals surface area (Å²) >= 11 is 1.54. The Labute approximate surface area is 88.7 Å². The van der Waals surface area contributed by atoms with E-state index in [1.165, 1.54) is 38.5 Å². The molecule has 0 atom stereocenters. The molecule has 0 unspecified atom stereocenters. The fourth-order valence-electron chi connectivity index (χ4n) is 1.95. The van der Waals surface area contributed by atoms with Gasteiger partial charge < -0.3 is 11.1 Å². The van der Waals surface area contributed by atoms with E-state index >= 15 is 0 Å². The van der Waals surface area contributed by atoms with Gasteiger partial charge in [0.15, 0.2) is 5.13 Å². The maximum Gasteiger partial charge on any atom is 0.184 e. The summed E-state index contributed by atoms with van der Waals surface area (Å²) in [6.45, 7) is 0. The Morgan fingerprint density at radius 1 is 1.29 bits per heavy atom. The van der Waals surface area contributed by atoms with E-state index in [4.69, 9.17) is 5.73 Å². The van der Waals surface area contributed by atoms with Crippen molar-refractivity contribution in [3.05, 3.63) is 6.20 Å². The van der Waals surface area contributed by atoms with Gasteiger partial charge in [-0.2, -0.15) is 0 Å². The predicted octanol–water partition coefficient (Wildman–Crippen LogP) is 2.86. The highest BCUT2D eigenvalue weighted by atomic mass is 32.1. The van der Waals surface area contributed by atoms with Crippen LogP contribution in [-0.2, 0) is 0 Å². The summed E-state index contributed by atoms with van der Waals surface area (Å²) in [5.74, 6) is 0. The first-order valence-corrected chi connectivity index (χ1v) is 6.14. The molecule has 0 bridgehead atoms. The van der Waals surface area contributed by atoms with Crippen molar-refractivity contribution >= 4 is 21.5 Å². The van der Waals surface area contributed by atoms with Crippen LogP contribution in [0.5, 0.6) is 0 Å². The molecule has 1 aromatic rings. The molecule has 3 nitrogen and oxygen atoms in total. The second-order valence-corrected chi connectivity index (χ2v) is 4.96. The zero-order valence-electron chi connectivity index (χ0n) is 8.33. The molecule has 3 N–H and O–H groups in total. The molecule has 1 aliphatic carbocycles. The number of aromatic nitrogens is 1. The maximum absolute atomic E-state index is 5.63. The highest BCUT2D eigenvalue weighted by Gasteiger charge is 2.12. The number of anilines is 2. The van der Waals surface area contributed by atoms with Crippen molar-refractivity contribution in [1.82, 2.24) is 4.98 Å². The van der Waals surface area contributed by atoms with E-state index in [9.17, 15) is 0 Å². The normalized spacial score (nSPS) is 19.1. The predicted molar refractivity (Wildman–Crippen MR) is 61.6 cm³/mol. The van der Waals surface area contributed by atoms with E-state index in [2.05, 4.69) is 10.3 Å². The number of nitrogens with one attached hydrogen (secondary N) is 1. The van der Waals surface area contributed by atoms with Crippen molar-refractivity contribution in [3.63, 3.8) is 0 Å². The molecule has 0 radical (unpaired) electrons. The van der Waals surface area contributed by atoms with Gasteiger partial charge in [-0.3, -0.25) is 0 Å². The van der Waals surface area contributed by atoms with Crippen LogP contribution in [0.15, 0.2) is 6.20 Å². The Morgan fingerprint density at radius 2 is 2.00 bits per heavy atom. The lowest BCUT2D eigenvalue weighted by Gasteiger charge is -2.14. The topological polar surface area (TPSA) is 50.9 Å². The quantitative estimate of drug-likeness (QED) is 0.740. The van der Waals surface area contributed by atoms with Gasteiger partial charge in [-0.05, 0) is 12.8 Å². The lowest BCUT2D eigenvalue weighted by molar-refractivity contribution is 0.619. The third-order valence-electron chi connectivity index (χ3n) is 2.71. The van der Waals surface area contributed by atoms with Crippen molar-refractivity contribution in [2.24, 2.45) is 0 Å². The first-order chi connectivity index (χ1) is 6.84. The van der Waals surface area contributed by atoms with E-state index in [1.54, 1.807) is 17.5 Å². The van der Waals surface area contributed by atoms with Crippen LogP contribution in [-0.4, -0.2) is 11.0 Å². The van der Waals surface area contributed by atoms with E-state index < -0.39 is 0 Å². The van der Waals surface area contributed by atoms with Crippen LogP contribution in [0.1, 0.15) is 38.5 Å². The van der Waals surface area contributed by atoms with E-state index in [-0.39, 0.29) is 0 Å². The first kappa shape index (κ1) is 9.77. The summed E-state index contributed by atoms with van der Waals surface area (Å²) in [7, 11) is 0. The molecular weight excluding hydrogens is 194 g/mol. The van der Waals surface area contributed by atoms with Gasteiger partial charge in [-0.25, -0.2) is 4.98 Å². The van der Waals surface area contributed by atoms with Crippen LogP contribution < -0.4 is 11.1 Å². The number of hydrogen-bond donors (Lipinski definition) is 2. The minimum atomic E-state index is 0.614. The molecule has 1 aromatic heterocycles. The van der Waals surface area contributed by atoms with Gasteiger partial charge in [0.25, 0.3) is 0 Å². The summed E-state index contributed by atoms with van der Waals surface area (Å²) in [6, 6.07) is 0.614. The van der Waals surface area contributed by atoms with Gasteiger partial charge in [0.2, 0.25) is 0 Å². The molecule has 4 heteroatoms. The fraction of sp³-hybridized carbons (Fsp3) is 0.700. The third-order valence-corrected chi connectivity index (χ3v) is 3.46. The Balaban J connectivity index is 1.89. The van der Waals surface area contributed by atoms with Gasteiger partial charge >= 0.3 is 0 Å². The average molecular weight is 211 g/mol. The molecule has 0 amide bonds. The molecule has 14 heavy (non-hydrogen) atoms. The lowest BCUT2D eigenvalue weighted by atomic mass is 10.1. The number of nitrogen functional groups attached to an aromatic ring is 1. The Morgan fingerprint density at radius 3 is 2.57 bits per heavy atom. The number of thiazole rings is 1. The van der Waals surface area contributed by atoms with Crippen molar-refractivity contribution in [2.45, 2.75) is 44.6 Å². The van der Waals surface area contributed by atoms with Crippen molar-refractivity contribution in [2.75, 3.05) is 11.1 Å². The molecule has 2 rings (SSSR count). The van der Waals surface area contributed by atoms with Crippen LogP contribution in [0, 0.1) is 0 Å². The van der Waals surface area contributed by atoms with Gasteiger partial charge in [-0.15, -0.1) is 0 Å². The fourth-order valence-corrected chi connectivity index (χ4v) is 2.61. The zero-order valence-corrected chi connectivity index (χ0v) is 9.15. The Hall–Kier alpha value is -0.770. The van der Waals surface area contributed by atoms with Gasteiger partial charge in [0.1, 0.15) is 5.00 Å². The average Bonchev–Trinajstić information content (AvgIpc) is 2.43. The molecule has 0 saturated heterocycles. The molecule has 1 saturated carbocycles. The first-order valence-electron chi connectivity index (χ1n) is 5.32. The lowest BCUT2D eigenvalue weighted by Crippen LogP contribution is -2.17. The Bertz CT molecular complexity index is 277. The van der Waals surface area contributed by atoms with Crippen molar-refractivity contribution < 1.29 is 0 Å². The molecule has 78 valence electrons. The highest BCUT2D eigenvalue weighted by Crippen LogP contribution is 2.24. The van der Waals surface area contributed by atoms with Gasteiger partial charge in [0, 0.05) is 6.04 Å². The zero-order chi connectivity index (χ0) is 9.80. The van der Waals surface area contributed by atoms with E-state index in [0.29, 0.717) is 6.04 Å². The minimum absolute atomic E-state index is 0.614. The second-order valence-electron chi connectivity index (χ2n) is 3.90. The summed E-state index contributed by atoms with van der Waals surface area (Å²) in [5.41, 5.74) is 5.63. The maximum atomic E-state index is 5.63.